The SMILES string of the molecule is Cc1nn([C@@H]2CCS(=O)(=O)C2)c(C)c1CN(C)C(=O)CCc1ccc(-c2ccccc2)o1. The second-order valence-electron chi connectivity index (χ2n) is 8.53. The molecule has 3 aromatic rings. The van der Waals surface area contributed by atoms with Gasteiger partial charge in [0.15, 0.2) is 9.84 Å². The molecule has 0 bridgehead atoms. The predicted octanol–water partition coefficient (Wildman–Crippen LogP) is 3.71. The van der Waals surface area contributed by atoms with Crippen LogP contribution in [0, 0.1) is 13.8 Å². The smallest absolute Gasteiger partial charge is 0.223 e. The molecule has 0 unspecified atom stereocenters. The minimum absolute atomic E-state index is 0.0256. The molecule has 0 spiro atoms. The number of rotatable bonds is 7. The Morgan fingerprint density at radius 1 is 1.19 bits per heavy atom. The topological polar surface area (TPSA) is 85.4 Å². The molecular weight excluding hydrogens is 426 g/mol. The number of nitrogens with zero attached hydrogens (tertiary/aromatic N) is 3. The van der Waals surface area contributed by atoms with Gasteiger partial charge < -0.3 is 9.32 Å². The maximum Gasteiger partial charge on any atom is 0.223 e. The first-order chi connectivity index (χ1) is 15.2. The molecule has 3 heterocycles. The van der Waals surface area contributed by atoms with E-state index in [1.54, 1.807) is 11.9 Å². The molecular formula is C24H29N3O4S. The summed E-state index contributed by atoms with van der Waals surface area (Å²) >= 11 is 0. The molecule has 1 amide bonds. The first-order valence-corrected chi connectivity index (χ1v) is 12.7. The van der Waals surface area contributed by atoms with Gasteiger partial charge in [0.05, 0.1) is 23.2 Å². The molecule has 1 aliphatic heterocycles. The quantitative estimate of drug-likeness (QED) is 0.542. The van der Waals surface area contributed by atoms with Crippen LogP contribution in [0.2, 0.25) is 0 Å². The number of aromatic nitrogens is 2. The molecule has 4 rings (SSSR count). The van der Waals surface area contributed by atoms with Gasteiger partial charge in [-0.1, -0.05) is 30.3 Å². The summed E-state index contributed by atoms with van der Waals surface area (Å²) in [5, 5.41) is 4.59. The Balaban J connectivity index is 1.37. The molecule has 32 heavy (non-hydrogen) atoms. The maximum atomic E-state index is 12.7. The predicted molar refractivity (Wildman–Crippen MR) is 123 cm³/mol. The van der Waals surface area contributed by atoms with Gasteiger partial charge in [0, 0.05) is 43.3 Å². The number of amides is 1. The van der Waals surface area contributed by atoms with Crippen molar-refractivity contribution in [2.75, 3.05) is 18.6 Å². The van der Waals surface area contributed by atoms with Crippen molar-refractivity contribution in [2.24, 2.45) is 0 Å². The van der Waals surface area contributed by atoms with Gasteiger partial charge in [-0.25, -0.2) is 8.42 Å². The number of hydrogen-bond acceptors (Lipinski definition) is 5. The fraction of sp³-hybridized carbons (Fsp3) is 0.417. The highest BCUT2D eigenvalue weighted by atomic mass is 32.2. The number of sulfone groups is 1. The highest BCUT2D eigenvalue weighted by Gasteiger charge is 2.31. The van der Waals surface area contributed by atoms with Gasteiger partial charge in [-0.05, 0) is 32.4 Å². The molecule has 0 saturated carbocycles. The second kappa shape index (κ2) is 8.94. The Bertz CT molecular complexity index is 1210. The average Bonchev–Trinajstić information content (AvgIpc) is 3.46. The zero-order valence-electron chi connectivity index (χ0n) is 18.7. The van der Waals surface area contributed by atoms with Crippen molar-refractivity contribution in [3.8, 4) is 11.3 Å². The molecule has 1 aliphatic rings. The summed E-state index contributed by atoms with van der Waals surface area (Å²) in [5.41, 5.74) is 3.77. The van der Waals surface area contributed by atoms with Crippen LogP contribution in [0.3, 0.4) is 0 Å². The average molecular weight is 456 g/mol. The van der Waals surface area contributed by atoms with Gasteiger partial charge in [-0.3, -0.25) is 9.48 Å². The maximum absolute atomic E-state index is 12.7. The normalized spacial score (nSPS) is 17.5. The van der Waals surface area contributed by atoms with Crippen LogP contribution >= 0.6 is 0 Å². The standard InChI is InChI=1S/C24H29N3O4S/c1-17-22(18(2)27(25-17)20-13-14-32(29,30)16-20)15-26(3)24(28)12-10-21-9-11-23(31-21)19-7-5-4-6-8-19/h4-9,11,20H,10,12-16H2,1-3H3/t20-/m1/s1. The summed E-state index contributed by atoms with van der Waals surface area (Å²) < 4.78 is 31.4. The molecule has 1 aromatic carbocycles. The first kappa shape index (κ1) is 22.3. The number of carbonyl (C=O) groups excluding carboxylic acids is 1. The number of aryl methyl sites for hydroxylation is 2. The van der Waals surface area contributed by atoms with E-state index in [0.717, 1.165) is 34.0 Å². The largest absolute Gasteiger partial charge is 0.461 e. The van der Waals surface area contributed by atoms with E-state index in [1.807, 2.05) is 61.0 Å². The first-order valence-electron chi connectivity index (χ1n) is 10.9. The third kappa shape index (κ3) is 4.80. The Morgan fingerprint density at radius 3 is 2.62 bits per heavy atom. The highest BCUT2D eigenvalue weighted by molar-refractivity contribution is 7.91. The minimum atomic E-state index is -2.98. The van der Waals surface area contributed by atoms with E-state index >= 15 is 0 Å². The van der Waals surface area contributed by atoms with Gasteiger partial charge >= 0.3 is 0 Å². The monoisotopic (exact) mass is 455 g/mol. The van der Waals surface area contributed by atoms with Crippen LogP contribution < -0.4 is 0 Å². The van der Waals surface area contributed by atoms with Crippen molar-refractivity contribution >= 4 is 15.7 Å². The van der Waals surface area contributed by atoms with Crippen molar-refractivity contribution in [1.29, 1.82) is 0 Å². The van der Waals surface area contributed by atoms with Crippen molar-refractivity contribution in [3.05, 3.63) is 65.2 Å². The van der Waals surface area contributed by atoms with E-state index in [9.17, 15) is 13.2 Å². The molecule has 0 N–H and O–H groups in total. The van der Waals surface area contributed by atoms with Gasteiger partial charge in [0.25, 0.3) is 0 Å². The second-order valence-corrected chi connectivity index (χ2v) is 10.8. The van der Waals surface area contributed by atoms with Crippen molar-refractivity contribution in [1.82, 2.24) is 14.7 Å². The fourth-order valence-electron chi connectivity index (χ4n) is 4.27. The number of furan rings is 1. The Labute approximate surface area is 189 Å². The van der Waals surface area contributed by atoms with Crippen molar-refractivity contribution in [2.45, 2.75) is 45.7 Å². The molecule has 170 valence electrons. The lowest BCUT2D eigenvalue weighted by Gasteiger charge is -2.18. The van der Waals surface area contributed by atoms with E-state index in [0.29, 0.717) is 25.8 Å². The van der Waals surface area contributed by atoms with Crippen LogP contribution in [0.15, 0.2) is 46.9 Å². The molecule has 0 aliphatic carbocycles. The van der Waals surface area contributed by atoms with Crippen molar-refractivity contribution in [3.63, 3.8) is 0 Å². The van der Waals surface area contributed by atoms with Crippen LogP contribution in [0.5, 0.6) is 0 Å². The Hall–Kier alpha value is -2.87. The van der Waals surface area contributed by atoms with Gasteiger partial charge in [0.1, 0.15) is 11.5 Å². The van der Waals surface area contributed by atoms with E-state index in [4.69, 9.17) is 4.42 Å². The van der Waals surface area contributed by atoms with Crippen LogP contribution in [0.1, 0.15) is 41.6 Å². The number of carbonyl (C=O) groups is 1. The number of hydrogen-bond donors (Lipinski definition) is 0. The molecule has 0 radical (unpaired) electrons. The molecule has 8 heteroatoms. The van der Waals surface area contributed by atoms with Crippen LogP contribution in [0.25, 0.3) is 11.3 Å². The highest BCUT2D eigenvalue weighted by Crippen LogP contribution is 2.27. The lowest BCUT2D eigenvalue weighted by Crippen LogP contribution is -2.27. The van der Waals surface area contributed by atoms with Crippen molar-refractivity contribution < 1.29 is 17.6 Å². The molecule has 1 fully saturated rings. The zero-order valence-corrected chi connectivity index (χ0v) is 19.6. The van der Waals surface area contributed by atoms with Gasteiger partial charge in [-0.15, -0.1) is 0 Å². The lowest BCUT2D eigenvalue weighted by atomic mass is 10.1. The van der Waals surface area contributed by atoms with E-state index < -0.39 is 9.84 Å². The summed E-state index contributed by atoms with van der Waals surface area (Å²) in [5.74, 6) is 1.96. The van der Waals surface area contributed by atoms with E-state index in [2.05, 4.69) is 5.10 Å². The Kier molecular flexibility index (Phi) is 6.24. The molecule has 7 nitrogen and oxygen atoms in total. The lowest BCUT2D eigenvalue weighted by molar-refractivity contribution is -0.130. The third-order valence-corrected chi connectivity index (χ3v) is 7.91. The third-order valence-electron chi connectivity index (χ3n) is 6.16. The minimum Gasteiger partial charge on any atom is -0.461 e. The van der Waals surface area contributed by atoms with Crippen LogP contribution in [0.4, 0.5) is 0 Å². The van der Waals surface area contributed by atoms with Gasteiger partial charge in [0.2, 0.25) is 5.91 Å². The Morgan fingerprint density at radius 2 is 1.94 bits per heavy atom. The summed E-state index contributed by atoms with van der Waals surface area (Å²) in [6.07, 6.45) is 1.48. The van der Waals surface area contributed by atoms with E-state index in [1.165, 1.54) is 0 Å². The van der Waals surface area contributed by atoms with E-state index in [-0.39, 0.29) is 23.5 Å². The molecule has 1 atom stereocenters. The van der Waals surface area contributed by atoms with Crippen LogP contribution in [-0.2, 0) is 27.6 Å². The summed E-state index contributed by atoms with van der Waals surface area (Å²) in [4.78, 5) is 14.4. The molecule has 1 saturated heterocycles. The van der Waals surface area contributed by atoms with Crippen LogP contribution in [-0.4, -0.2) is 47.6 Å². The number of benzene rings is 1. The van der Waals surface area contributed by atoms with Gasteiger partial charge in [-0.2, -0.15) is 5.10 Å². The summed E-state index contributed by atoms with van der Waals surface area (Å²) in [6, 6.07) is 13.6. The zero-order chi connectivity index (χ0) is 22.9. The molecule has 2 aromatic heterocycles. The summed E-state index contributed by atoms with van der Waals surface area (Å²) in [6.45, 7) is 4.31. The fourth-order valence-corrected chi connectivity index (χ4v) is 5.96. The summed E-state index contributed by atoms with van der Waals surface area (Å²) in [7, 11) is -1.20.